The number of halogens is 1. The molecule has 0 saturated heterocycles. The number of aromatic nitrogens is 2. The second-order valence-electron chi connectivity index (χ2n) is 4.49. The molecule has 0 N–H and O–H groups in total. The molecule has 0 aliphatic rings. The molecule has 2 nitrogen and oxygen atoms in total. The van der Waals surface area contributed by atoms with Gasteiger partial charge in [-0.3, -0.25) is 0 Å². The van der Waals surface area contributed by atoms with E-state index in [9.17, 15) is 4.39 Å². The fourth-order valence-corrected chi connectivity index (χ4v) is 1.32. The Bertz CT molecular complexity index is 466. The molecule has 0 spiro atoms. The topological polar surface area (TPSA) is 17.3 Å². The normalized spacial score (nSPS) is 12.3. The largest absolute Gasteiger partial charge is 0.307 e. The molecule has 0 atom stereocenters. The Hall–Kier alpha value is -1.38. The molecule has 0 radical (unpaired) electrons. The molecule has 2 heterocycles. The van der Waals surface area contributed by atoms with E-state index in [1.54, 1.807) is 6.20 Å². The molecule has 0 bridgehead atoms. The second kappa shape index (κ2) is 2.80. The Morgan fingerprint density at radius 1 is 1.36 bits per heavy atom. The highest BCUT2D eigenvalue weighted by molar-refractivity contribution is 5.41. The van der Waals surface area contributed by atoms with E-state index >= 15 is 0 Å². The summed E-state index contributed by atoms with van der Waals surface area (Å²) in [7, 11) is 0. The zero-order chi connectivity index (χ0) is 10.3. The molecule has 74 valence electrons. The average Bonchev–Trinajstić information content (AvgIpc) is 2.45. The maximum absolute atomic E-state index is 12.9. The van der Waals surface area contributed by atoms with E-state index in [4.69, 9.17) is 0 Å². The summed E-state index contributed by atoms with van der Waals surface area (Å²) in [5.41, 5.74) is 1.64. The SMILES string of the molecule is CC(C)(C)c1cn2ccc(F)cc2n1. The van der Waals surface area contributed by atoms with Gasteiger partial charge in [0.1, 0.15) is 11.5 Å². The van der Waals surface area contributed by atoms with E-state index in [1.165, 1.54) is 12.1 Å². The lowest BCUT2D eigenvalue weighted by atomic mass is 9.93. The number of imidazole rings is 1. The highest BCUT2D eigenvalue weighted by Gasteiger charge is 2.17. The van der Waals surface area contributed by atoms with Crippen LogP contribution in [-0.4, -0.2) is 9.38 Å². The number of nitrogens with zero attached hydrogens (tertiary/aromatic N) is 2. The predicted octanol–water partition coefficient (Wildman–Crippen LogP) is 2.77. The lowest BCUT2D eigenvalue weighted by Crippen LogP contribution is -2.11. The van der Waals surface area contributed by atoms with Crippen LogP contribution in [0.4, 0.5) is 4.39 Å². The summed E-state index contributed by atoms with van der Waals surface area (Å²) in [5, 5.41) is 0. The van der Waals surface area contributed by atoms with Gasteiger partial charge in [0.05, 0.1) is 5.69 Å². The zero-order valence-electron chi connectivity index (χ0n) is 8.58. The third-order valence-corrected chi connectivity index (χ3v) is 2.19. The van der Waals surface area contributed by atoms with Gasteiger partial charge < -0.3 is 4.40 Å². The molecular formula is C11H13FN2. The van der Waals surface area contributed by atoms with Crippen LogP contribution in [0.5, 0.6) is 0 Å². The Labute approximate surface area is 82.4 Å². The number of hydrogen-bond donors (Lipinski definition) is 0. The standard InChI is InChI=1S/C11H13FN2/c1-11(2,3)9-7-14-5-4-8(12)6-10(14)13-9/h4-7H,1-3H3. The van der Waals surface area contributed by atoms with Gasteiger partial charge in [-0.15, -0.1) is 0 Å². The van der Waals surface area contributed by atoms with Crippen molar-refractivity contribution in [2.45, 2.75) is 26.2 Å². The minimum absolute atomic E-state index is 0.00248. The van der Waals surface area contributed by atoms with Crippen molar-refractivity contribution in [3.8, 4) is 0 Å². The fourth-order valence-electron chi connectivity index (χ4n) is 1.32. The third-order valence-electron chi connectivity index (χ3n) is 2.19. The molecule has 3 heteroatoms. The van der Waals surface area contributed by atoms with Crippen molar-refractivity contribution in [3.63, 3.8) is 0 Å². The molecule has 0 aromatic carbocycles. The highest BCUT2D eigenvalue weighted by atomic mass is 19.1. The fraction of sp³-hybridized carbons (Fsp3) is 0.364. The quantitative estimate of drug-likeness (QED) is 0.627. The number of hydrogen-bond acceptors (Lipinski definition) is 1. The molecular weight excluding hydrogens is 179 g/mol. The monoisotopic (exact) mass is 192 g/mol. The number of rotatable bonds is 0. The van der Waals surface area contributed by atoms with Crippen LogP contribution >= 0.6 is 0 Å². The van der Waals surface area contributed by atoms with Gasteiger partial charge >= 0.3 is 0 Å². The highest BCUT2D eigenvalue weighted by Crippen LogP contribution is 2.21. The summed E-state index contributed by atoms with van der Waals surface area (Å²) in [4.78, 5) is 4.37. The van der Waals surface area contributed by atoms with Crippen molar-refractivity contribution in [2.24, 2.45) is 0 Å². The minimum Gasteiger partial charge on any atom is -0.307 e. The van der Waals surface area contributed by atoms with Gasteiger partial charge in [0.25, 0.3) is 0 Å². The van der Waals surface area contributed by atoms with Crippen LogP contribution in [0.2, 0.25) is 0 Å². The number of fused-ring (bicyclic) bond motifs is 1. The summed E-state index contributed by atoms with van der Waals surface area (Å²) in [6.07, 6.45) is 3.63. The summed E-state index contributed by atoms with van der Waals surface area (Å²) in [6.45, 7) is 6.27. The van der Waals surface area contributed by atoms with Gasteiger partial charge in [0.2, 0.25) is 0 Å². The zero-order valence-corrected chi connectivity index (χ0v) is 8.58. The lowest BCUT2D eigenvalue weighted by Gasteiger charge is -2.13. The van der Waals surface area contributed by atoms with Gasteiger partial charge in [0, 0.05) is 23.9 Å². The van der Waals surface area contributed by atoms with Gasteiger partial charge in [-0.25, -0.2) is 9.37 Å². The Morgan fingerprint density at radius 2 is 2.07 bits per heavy atom. The van der Waals surface area contributed by atoms with Crippen LogP contribution < -0.4 is 0 Å². The van der Waals surface area contributed by atoms with Crippen molar-refractivity contribution in [3.05, 3.63) is 36.0 Å². The molecule has 0 saturated carbocycles. The van der Waals surface area contributed by atoms with Crippen LogP contribution in [0.15, 0.2) is 24.5 Å². The molecule has 14 heavy (non-hydrogen) atoms. The Balaban J connectivity index is 2.63. The van der Waals surface area contributed by atoms with Crippen molar-refractivity contribution in [1.29, 1.82) is 0 Å². The minimum atomic E-state index is -0.247. The first-order valence-electron chi connectivity index (χ1n) is 4.61. The van der Waals surface area contributed by atoms with Gasteiger partial charge in [0.15, 0.2) is 0 Å². The smallest absolute Gasteiger partial charge is 0.139 e. The summed E-state index contributed by atoms with van der Waals surface area (Å²) in [6, 6.07) is 2.87. The first-order valence-corrected chi connectivity index (χ1v) is 4.61. The molecule has 2 rings (SSSR count). The van der Waals surface area contributed by atoms with Crippen molar-refractivity contribution in [2.75, 3.05) is 0 Å². The second-order valence-corrected chi connectivity index (χ2v) is 4.49. The maximum Gasteiger partial charge on any atom is 0.139 e. The van der Waals surface area contributed by atoms with E-state index in [0.717, 1.165) is 5.69 Å². The average molecular weight is 192 g/mol. The van der Waals surface area contributed by atoms with Crippen LogP contribution in [0.1, 0.15) is 26.5 Å². The van der Waals surface area contributed by atoms with E-state index in [0.29, 0.717) is 5.65 Å². The van der Waals surface area contributed by atoms with Crippen LogP contribution in [0, 0.1) is 5.82 Å². The summed E-state index contributed by atoms with van der Waals surface area (Å²) >= 11 is 0. The molecule has 0 amide bonds. The Morgan fingerprint density at radius 3 is 2.71 bits per heavy atom. The summed E-state index contributed by atoms with van der Waals surface area (Å²) < 4.78 is 14.7. The van der Waals surface area contributed by atoms with E-state index in [2.05, 4.69) is 25.8 Å². The van der Waals surface area contributed by atoms with Crippen molar-refractivity contribution >= 4 is 5.65 Å². The van der Waals surface area contributed by atoms with Gasteiger partial charge in [-0.2, -0.15) is 0 Å². The molecule has 0 aliphatic carbocycles. The van der Waals surface area contributed by atoms with Crippen molar-refractivity contribution < 1.29 is 4.39 Å². The Kier molecular flexibility index (Phi) is 1.84. The van der Waals surface area contributed by atoms with Gasteiger partial charge in [-0.05, 0) is 6.07 Å². The van der Waals surface area contributed by atoms with Crippen LogP contribution in [-0.2, 0) is 5.41 Å². The third kappa shape index (κ3) is 1.50. The summed E-state index contributed by atoms with van der Waals surface area (Å²) in [5.74, 6) is -0.247. The van der Waals surface area contributed by atoms with Gasteiger partial charge in [-0.1, -0.05) is 20.8 Å². The first-order chi connectivity index (χ1) is 6.47. The molecule has 0 aliphatic heterocycles. The number of pyridine rings is 1. The first kappa shape index (κ1) is 9.19. The van der Waals surface area contributed by atoms with Crippen molar-refractivity contribution in [1.82, 2.24) is 9.38 Å². The molecule has 0 unspecified atom stereocenters. The maximum atomic E-state index is 12.9. The van der Waals surface area contributed by atoms with Crippen LogP contribution in [0.3, 0.4) is 0 Å². The van der Waals surface area contributed by atoms with E-state index < -0.39 is 0 Å². The van der Waals surface area contributed by atoms with E-state index in [-0.39, 0.29) is 11.2 Å². The van der Waals surface area contributed by atoms with E-state index in [1.807, 2.05) is 10.6 Å². The molecule has 2 aromatic heterocycles. The molecule has 2 aromatic rings. The lowest BCUT2D eigenvalue weighted by molar-refractivity contribution is 0.573. The van der Waals surface area contributed by atoms with Crippen LogP contribution in [0.25, 0.3) is 5.65 Å². The molecule has 0 fully saturated rings. The predicted molar refractivity (Wildman–Crippen MR) is 53.9 cm³/mol.